The maximum atomic E-state index is 5.66. The Balaban J connectivity index is 2.30. The van der Waals surface area contributed by atoms with Gasteiger partial charge in [-0.15, -0.1) is 6.58 Å². The van der Waals surface area contributed by atoms with Gasteiger partial charge < -0.3 is 22.8 Å². The Hall–Kier alpha value is -0.243. The first-order chi connectivity index (χ1) is 8.19. The normalized spacial score (nSPS) is 21.2. The van der Waals surface area contributed by atoms with Crippen LogP contribution in [0.15, 0.2) is 12.7 Å². The summed E-state index contributed by atoms with van der Waals surface area (Å²) in [5.74, 6) is 0. The molecule has 1 saturated heterocycles. The predicted molar refractivity (Wildman–Crippen MR) is 65.9 cm³/mol. The molecule has 0 saturated carbocycles. The second-order valence-electron chi connectivity index (χ2n) is 3.90. The van der Waals surface area contributed by atoms with Crippen LogP contribution in [0.25, 0.3) is 0 Å². The zero-order valence-electron chi connectivity index (χ0n) is 10.8. The van der Waals surface area contributed by atoms with Crippen LogP contribution in [0.3, 0.4) is 0 Å². The molecule has 1 fully saturated rings. The highest BCUT2D eigenvalue weighted by atomic mass is 28.4. The predicted octanol–water partition coefficient (Wildman–Crippen LogP) is 1.22. The van der Waals surface area contributed by atoms with Crippen LogP contribution in [0.1, 0.15) is 6.42 Å². The van der Waals surface area contributed by atoms with E-state index in [0.717, 1.165) is 13.0 Å². The van der Waals surface area contributed by atoms with E-state index in [1.54, 1.807) is 27.4 Å². The average Bonchev–Trinajstić information content (AvgIpc) is 3.19. The molecule has 0 aromatic carbocycles. The first kappa shape index (κ1) is 14.8. The summed E-state index contributed by atoms with van der Waals surface area (Å²) in [6.07, 6.45) is 2.83. The Morgan fingerprint density at radius 2 is 1.94 bits per heavy atom. The van der Waals surface area contributed by atoms with Crippen molar-refractivity contribution in [2.24, 2.45) is 0 Å². The second kappa shape index (κ2) is 7.25. The number of hydrogen-bond acceptors (Lipinski definition) is 5. The van der Waals surface area contributed by atoms with Crippen LogP contribution < -0.4 is 0 Å². The van der Waals surface area contributed by atoms with E-state index in [4.69, 9.17) is 22.8 Å². The van der Waals surface area contributed by atoms with Gasteiger partial charge in [0.05, 0.1) is 19.3 Å². The quantitative estimate of drug-likeness (QED) is 0.337. The van der Waals surface area contributed by atoms with Crippen molar-refractivity contribution in [3.05, 3.63) is 12.7 Å². The molecule has 0 amide bonds. The van der Waals surface area contributed by atoms with Crippen molar-refractivity contribution >= 4 is 8.80 Å². The average molecular weight is 262 g/mol. The van der Waals surface area contributed by atoms with E-state index < -0.39 is 8.80 Å². The third kappa shape index (κ3) is 4.87. The van der Waals surface area contributed by atoms with E-state index in [0.29, 0.717) is 12.7 Å². The van der Waals surface area contributed by atoms with Gasteiger partial charge in [0, 0.05) is 27.4 Å². The minimum absolute atomic E-state index is 0.00785. The summed E-state index contributed by atoms with van der Waals surface area (Å²) in [4.78, 5) is 0. The Bertz CT molecular complexity index is 220. The highest BCUT2D eigenvalue weighted by molar-refractivity contribution is 6.60. The van der Waals surface area contributed by atoms with Crippen LogP contribution >= 0.6 is 0 Å². The third-order valence-electron chi connectivity index (χ3n) is 2.83. The highest BCUT2D eigenvalue weighted by Crippen LogP contribution is 2.19. The largest absolute Gasteiger partial charge is 0.500 e. The Morgan fingerprint density at radius 3 is 2.35 bits per heavy atom. The monoisotopic (exact) mass is 262 g/mol. The molecule has 2 atom stereocenters. The van der Waals surface area contributed by atoms with Crippen LogP contribution in [-0.4, -0.2) is 55.6 Å². The summed E-state index contributed by atoms with van der Waals surface area (Å²) in [5.41, 5.74) is 0. The molecule has 1 rings (SSSR count). The lowest BCUT2D eigenvalue weighted by Crippen LogP contribution is -2.43. The number of hydrogen-bond donors (Lipinski definition) is 0. The molecule has 1 aliphatic heterocycles. The highest BCUT2D eigenvalue weighted by Gasteiger charge is 2.38. The molecule has 2 unspecified atom stereocenters. The van der Waals surface area contributed by atoms with Crippen LogP contribution in [0.4, 0.5) is 0 Å². The first-order valence-corrected chi connectivity index (χ1v) is 7.64. The molecule has 0 N–H and O–H groups in total. The van der Waals surface area contributed by atoms with Gasteiger partial charge in [0.1, 0.15) is 6.10 Å². The Kier molecular flexibility index (Phi) is 6.32. The number of rotatable bonds is 10. The maximum absolute atomic E-state index is 5.66. The van der Waals surface area contributed by atoms with E-state index in [9.17, 15) is 0 Å². The maximum Gasteiger partial charge on any atom is 0.500 e. The summed E-state index contributed by atoms with van der Waals surface area (Å²) < 4.78 is 26.8. The van der Waals surface area contributed by atoms with Gasteiger partial charge in [0.25, 0.3) is 0 Å². The zero-order valence-corrected chi connectivity index (χ0v) is 11.8. The Morgan fingerprint density at radius 1 is 1.35 bits per heavy atom. The molecule has 1 aliphatic rings. The molecular formula is C11H22O5Si. The molecule has 6 heteroatoms. The molecule has 100 valence electrons. The lowest BCUT2D eigenvalue weighted by molar-refractivity contribution is 0.0625. The van der Waals surface area contributed by atoms with E-state index in [1.165, 1.54) is 0 Å². The molecule has 0 aromatic heterocycles. The van der Waals surface area contributed by atoms with Crippen molar-refractivity contribution < 1.29 is 22.8 Å². The van der Waals surface area contributed by atoms with Gasteiger partial charge in [0.15, 0.2) is 0 Å². The summed E-state index contributed by atoms with van der Waals surface area (Å²) in [7, 11) is 2.34. The van der Waals surface area contributed by atoms with Gasteiger partial charge in [-0.05, 0) is 6.42 Å². The first-order valence-electron chi connectivity index (χ1n) is 5.71. The van der Waals surface area contributed by atoms with Crippen LogP contribution in [0.5, 0.6) is 0 Å². The molecule has 1 heterocycles. The van der Waals surface area contributed by atoms with Gasteiger partial charge in [-0.3, -0.25) is 0 Å². The summed E-state index contributed by atoms with van der Waals surface area (Å²) >= 11 is 0. The fraction of sp³-hybridized carbons (Fsp3) is 0.818. The Labute approximate surface area is 104 Å². The van der Waals surface area contributed by atoms with Crippen molar-refractivity contribution in [2.75, 3.05) is 34.5 Å². The topological polar surface area (TPSA) is 49.5 Å². The molecule has 5 nitrogen and oxygen atoms in total. The summed E-state index contributed by atoms with van der Waals surface area (Å²) in [6, 6.07) is 0.707. The van der Waals surface area contributed by atoms with E-state index in [1.807, 2.05) is 0 Å². The van der Waals surface area contributed by atoms with E-state index >= 15 is 0 Å². The second-order valence-corrected chi connectivity index (χ2v) is 6.99. The minimum atomic E-state index is -2.50. The lowest BCUT2D eigenvalue weighted by Gasteiger charge is -2.25. The summed E-state index contributed by atoms with van der Waals surface area (Å²) in [6.45, 7) is 5.19. The van der Waals surface area contributed by atoms with Gasteiger partial charge in [0.2, 0.25) is 0 Å². The molecule has 0 bridgehead atoms. The third-order valence-corrected chi connectivity index (χ3v) is 5.60. The van der Waals surface area contributed by atoms with Gasteiger partial charge in [-0.25, -0.2) is 0 Å². The van der Waals surface area contributed by atoms with E-state index in [2.05, 4.69) is 6.58 Å². The van der Waals surface area contributed by atoms with Crippen molar-refractivity contribution in [3.63, 3.8) is 0 Å². The molecule has 0 radical (unpaired) electrons. The summed E-state index contributed by atoms with van der Waals surface area (Å²) in [5, 5.41) is 0. The van der Waals surface area contributed by atoms with E-state index in [-0.39, 0.29) is 12.2 Å². The standard InChI is InChI=1S/C11H22O5Si/c1-5-10(15-8-11-9-16-11)6-7-17(12-2,13-3)14-4/h5,10-11H,1,6-9H2,2-4H3. The van der Waals surface area contributed by atoms with Crippen molar-refractivity contribution in [1.29, 1.82) is 0 Å². The SMILES string of the molecule is C=CC(CC[Si](OC)(OC)OC)OCC1CO1. The molecule has 0 aliphatic carbocycles. The van der Waals surface area contributed by atoms with Crippen molar-refractivity contribution in [1.82, 2.24) is 0 Å². The van der Waals surface area contributed by atoms with Crippen LogP contribution in [-0.2, 0) is 22.8 Å². The smallest absolute Gasteiger partial charge is 0.377 e. The van der Waals surface area contributed by atoms with Crippen LogP contribution in [0, 0.1) is 0 Å². The number of epoxide rings is 1. The van der Waals surface area contributed by atoms with Gasteiger partial charge >= 0.3 is 8.80 Å². The molecular weight excluding hydrogens is 240 g/mol. The zero-order chi connectivity index (χ0) is 12.7. The van der Waals surface area contributed by atoms with Gasteiger partial charge in [-0.1, -0.05) is 6.08 Å². The fourth-order valence-corrected chi connectivity index (χ4v) is 3.29. The minimum Gasteiger partial charge on any atom is -0.377 e. The number of ether oxygens (including phenoxy) is 2. The van der Waals surface area contributed by atoms with Gasteiger partial charge in [-0.2, -0.15) is 0 Å². The van der Waals surface area contributed by atoms with Crippen molar-refractivity contribution in [2.45, 2.75) is 24.7 Å². The lowest BCUT2D eigenvalue weighted by atomic mass is 10.3. The van der Waals surface area contributed by atoms with Crippen molar-refractivity contribution in [3.8, 4) is 0 Å². The molecule has 0 spiro atoms. The molecule has 0 aromatic rings. The molecule has 17 heavy (non-hydrogen) atoms. The fourth-order valence-electron chi connectivity index (χ4n) is 1.54. The van der Waals surface area contributed by atoms with Crippen LogP contribution in [0.2, 0.25) is 6.04 Å².